The number of nitrogens with one attached hydrogen (secondary N) is 1. The Kier molecular flexibility index (Phi) is 2.07. The van der Waals surface area contributed by atoms with Crippen molar-refractivity contribution in [1.29, 1.82) is 0 Å². The lowest BCUT2D eigenvalue weighted by Crippen LogP contribution is -2.44. The molecule has 1 aromatic rings. The molecule has 86 valence electrons. The van der Waals surface area contributed by atoms with Gasteiger partial charge >= 0.3 is 0 Å². The summed E-state index contributed by atoms with van der Waals surface area (Å²) < 4.78 is 5.39. The van der Waals surface area contributed by atoms with Gasteiger partial charge in [-0.2, -0.15) is 0 Å². The lowest BCUT2D eigenvalue weighted by Gasteiger charge is -2.24. The maximum absolute atomic E-state index is 11.9. The standard InChI is InChI=1S/C12H16N2O2/c13-12(5-6-12)11(15)14-9-2-1-3-10-8(9)4-7-16-10/h4,7,9H,1-3,5-6,13H2,(H,14,15). The number of fused-ring (bicyclic) bond motifs is 1. The van der Waals surface area contributed by atoms with Crippen LogP contribution in [0.5, 0.6) is 0 Å². The minimum absolute atomic E-state index is 0.00782. The maximum Gasteiger partial charge on any atom is 0.240 e. The summed E-state index contributed by atoms with van der Waals surface area (Å²) in [7, 11) is 0. The molecule has 4 nitrogen and oxygen atoms in total. The molecule has 1 saturated carbocycles. The van der Waals surface area contributed by atoms with Gasteiger partial charge in [-0.3, -0.25) is 4.79 Å². The Labute approximate surface area is 94.2 Å². The van der Waals surface area contributed by atoms with E-state index in [1.54, 1.807) is 6.26 Å². The number of furan rings is 1. The van der Waals surface area contributed by atoms with Gasteiger partial charge < -0.3 is 15.5 Å². The highest BCUT2D eigenvalue weighted by atomic mass is 16.3. The molecule has 2 aliphatic rings. The second kappa shape index (κ2) is 3.35. The topological polar surface area (TPSA) is 68.3 Å². The Morgan fingerprint density at radius 3 is 3.12 bits per heavy atom. The molecule has 0 bridgehead atoms. The maximum atomic E-state index is 11.9. The lowest BCUT2D eigenvalue weighted by molar-refractivity contribution is -0.124. The van der Waals surface area contributed by atoms with Gasteiger partial charge in [0.05, 0.1) is 17.8 Å². The summed E-state index contributed by atoms with van der Waals surface area (Å²) in [5.41, 5.74) is 6.41. The summed E-state index contributed by atoms with van der Waals surface area (Å²) in [5.74, 6) is 1.00. The zero-order chi connectivity index (χ0) is 11.2. The van der Waals surface area contributed by atoms with E-state index >= 15 is 0 Å². The minimum atomic E-state index is -0.582. The first-order valence-corrected chi connectivity index (χ1v) is 5.85. The molecule has 0 spiro atoms. The Morgan fingerprint density at radius 2 is 2.38 bits per heavy atom. The summed E-state index contributed by atoms with van der Waals surface area (Å²) in [4.78, 5) is 11.9. The van der Waals surface area contributed by atoms with Gasteiger partial charge in [-0.25, -0.2) is 0 Å². The molecular weight excluding hydrogens is 204 g/mol. The first-order valence-electron chi connectivity index (χ1n) is 5.85. The highest BCUT2D eigenvalue weighted by Gasteiger charge is 2.46. The van der Waals surface area contributed by atoms with E-state index in [1.807, 2.05) is 6.07 Å². The average Bonchev–Trinajstić information content (AvgIpc) is 2.85. The van der Waals surface area contributed by atoms with Crippen LogP contribution in [0, 0.1) is 0 Å². The predicted octanol–water partition coefficient (Wildman–Crippen LogP) is 1.26. The fourth-order valence-electron chi connectivity index (χ4n) is 2.30. The zero-order valence-corrected chi connectivity index (χ0v) is 9.16. The van der Waals surface area contributed by atoms with Crippen LogP contribution in [-0.2, 0) is 11.2 Å². The minimum Gasteiger partial charge on any atom is -0.469 e. The molecule has 0 aliphatic heterocycles. The van der Waals surface area contributed by atoms with Gasteiger partial charge in [-0.15, -0.1) is 0 Å². The first-order chi connectivity index (χ1) is 7.69. The summed E-state index contributed by atoms with van der Waals surface area (Å²) in [6, 6.07) is 2.05. The van der Waals surface area contributed by atoms with E-state index < -0.39 is 5.54 Å². The highest BCUT2D eigenvalue weighted by Crippen LogP contribution is 2.35. The van der Waals surface area contributed by atoms with Crippen molar-refractivity contribution in [2.24, 2.45) is 5.73 Å². The number of carbonyl (C=O) groups excluding carboxylic acids is 1. The second-order valence-electron chi connectivity index (χ2n) is 4.87. The fourth-order valence-corrected chi connectivity index (χ4v) is 2.30. The van der Waals surface area contributed by atoms with Gasteiger partial charge in [0.25, 0.3) is 0 Å². The van der Waals surface area contributed by atoms with Crippen LogP contribution in [0.3, 0.4) is 0 Å². The molecule has 16 heavy (non-hydrogen) atoms. The van der Waals surface area contributed by atoms with E-state index in [9.17, 15) is 4.79 Å². The summed E-state index contributed by atoms with van der Waals surface area (Å²) in [6.07, 6.45) is 6.33. The van der Waals surface area contributed by atoms with Crippen molar-refractivity contribution < 1.29 is 9.21 Å². The van der Waals surface area contributed by atoms with Crippen LogP contribution in [0.4, 0.5) is 0 Å². The Morgan fingerprint density at radius 1 is 1.56 bits per heavy atom. The van der Waals surface area contributed by atoms with Crippen LogP contribution in [0.15, 0.2) is 16.7 Å². The van der Waals surface area contributed by atoms with Crippen molar-refractivity contribution in [3.05, 3.63) is 23.7 Å². The lowest BCUT2D eigenvalue weighted by atomic mass is 9.93. The van der Waals surface area contributed by atoms with E-state index in [0.29, 0.717) is 0 Å². The van der Waals surface area contributed by atoms with Gasteiger partial charge in [-0.1, -0.05) is 0 Å². The van der Waals surface area contributed by atoms with E-state index in [0.717, 1.165) is 43.4 Å². The quantitative estimate of drug-likeness (QED) is 0.788. The smallest absolute Gasteiger partial charge is 0.240 e. The highest BCUT2D eigenvalue weighted by molar-refractivity contribution is 5.89. The van der Waals surface area contributed by atoms with Crippen LogP contribution < -0.4 is 11.1 Å². The third kappa shape index (κ3) is 1.53. The van der Waals surface area contributed by atoms with Gasteiger partial charge in [0, 0.05) is 12.0 Å². The average molecular weight is 220 g/mol. The molecule has 2 aliphatic carbocycles. The van der Waals surface area contributed by atoms with E-state index in [4.69, 9.17) is 10.2 Å². The van der Waals surface area contributed by atoms with Crippen molar-refractivity contribution in [1.82, 2.24) is 5.32 Å². The van der Waals surface area contributed by atoms with E-state index in [1.165, 1.54) is 0 Å². The van der Waals surface area contributed by atoms with Crippen molar-refractivity contribution in [3.63, 3.8) is 0 Å². The van der Waals surface area contributed by atoms with Crippen LogP contribution >= 0.6 is 0 Å². The molecule has 4 heteroatoms. The van der Waals surface area contributed by atoms with Gasteiger partial charge in [0.2, 0.25) is 5.91 Å². The molecular formula is C12H16N2O2. The van der Waals surface area contributed by atoms with Crippen LogP contribution in [0.1, 0.15) is 43.0 Å². The second-order valence-corrected chi connectivity index (χ2v) is 4.87. The summed E-state index contributed by atoms with van der Waals surface area (Å²) in [6.45, 7) is 0. The van der Waals surface area contributed by atoms with Gasteiger partial charge in [0.15, 0.2) is 0 Å². The first kappa shape index (κ1) is 9.90. The largest absolute Gasteiger partial charge is 0.469 e. The number of nitrogens with two attached hydrogens (primary N) is 1. The molecule has 1 fully saturated rings. The van der Waals surface area contributed by atoms with E-state index in [-0.39, 0.29) is 11.9 Å². The normalized spacial score (nSPS) is 25.9. The monoisotopic (exact) mass is 220 g/mol. The number of rotatable bonds is 2. The molecule has 3 rings (SSSR count). The number of hydrogen-bond donors (Lipinski definition) is 2. The number of carbonyl (C=O) groups is 1. The van der Waals surface area contributed by atoms with Crippen LogP contribution in [0.25, 0.3) is 0 Å². The summed E-state index contributed by atoms with van der Waals surface area (Å²) in [5, 5.41) is 3.04. The molecule has 0 radical (unpaired) electrons. The third-order valence-corrected chi connectivity index (χ3v) is 3.60. The molecule has 1 aromatic heterocycles. The molecule has 1 atom stereocenters. The molecule has 1 unspecified atom stereocenters. The molecule has 0 saturated heterocycles. The van der Waals surface area contributed by atoms with Crippen LogP contribution in [0.2, 0.25) is 0 Å². The Hall–Kier alpha value is -1.29. The van der Waals surface area contributed by atoms with Crippen LogP contribution in [-0.4, -0.2) is 11.4 Å². The number of amides is 1. The van der Waals surface area contributed by atoms with Gasteiger partial charge in [-0.05, 0) is 31.7 Å². The van der Waals surface area contributed by atoms with E-state index in [2.05, 4.69) is 5.32 Å². The fraction of sp³-hybridized carbons (Fsp3) is 0.583. The third-order valence-electron chi connectivity index (χ3n) is 3.60. The predicted molar refractivity (Wildman–Crippen MR) is 58.7 cm³/mol. The van der Waals surface area contributed by atoms with Crippen molar-refractivity contribution >= 4 is 5.91 Å². The molecule has 3 N–H and O–H groups in total. The van der Waals surface area contributed by atoms with Crippen molar-refractivity contribution in [2.45, 2.75) is 43.7 Å². The SMILES string of the molecule is NC1(C(=O)NC2CCCc3occc32)CC1. The van der Waals surface area contributed by atoms with Gasteiger partial charge in [0.1, 0.15) is 5.76 Å². The van der Waals surface area contributed by atoms with Crippen molar-refractivity contribution in [2.75, 3.05) is 0 Å². The molecule has 0 aromatic carbocycles. The molecule has 1 amide bonds. The summed E-state index contributed by atoms with van der Waals surface area (Å²) >= 11 is 0. The Bertz CT molecular complexity index is 420. The number of aryl methyl sites for hydroxylation is 1. The zero-order valence-electron chi connectivity index (χ0n) is 9.16. The van der Waals surface area contributed by atoms with Crippen molar-refractivity contribution in [3.8, 4) is 0 Å². The number of hydrogen-bond acceptors (Lipinski definition) is 3. The molecule has 1 heterocycles. The Balaban J connectivity index is 1.75.